The Kier molecular flexibility index (Phi) is 5.15. The third-order valence-corrected chi connectivity index (χ3v) is 2.80. The van der Waals surface area contributed by atoms with Crippen LogP contribution >= 0.6 is 0 Å². The van der Waals surface area contributed by atoms with E-state index in [4.69, 9.17) is 10.5 Å². The molecule has 0 spiro atoms. The van der Waals surface area contributed by atoms with Crippen LogP contribution in [0.3, 0.4) is 0 Å². The number of hydrogen-bond acceptors (Lipinski definition) is 4. The molecule has 1 aromatic heterocycles. The largest absolute Gasteiger partial charge is 0.481 e. The molecular formula is C12H22N4O2. The van der Waals surface area contributed by atoms with Gasteiger partial charge in [-0.2, -0.15) is 5.10 Å². The standard InChI is InChI=1S/C12H22N4O2/c1-5-6-14-9(7-10(13)17)11-8(2)15-16(3)12(11)18-4/h9,14H,5-7H2,1-4H3,(H2,13,17). The number of primary amides is 1. The maximum Gasteiger partial charge on any atom is 0.219 e. The van der Waals surface area contributed by atoms with Crippen molar-refractivity contribution in [3.05, 3.63) is 11.3 Å². The SMILES string of the molecule is CCCNC(CC(N)=O)c1c(C)nn(C)c1OC. The highest BCUT2D eigenvalue weighted by Crippen LogP contribution is 2.29. The minimum Gasteiger partial charge on any atom is -0.481 e. The van der Waals surface area contributed by atoms with Crippen LogP contribution in [0.15, 0.2) is 0 Å². The molecule has 102 valence electrons. The number of carbonyl (C=O) groups excluding carboxylic acids is 1. The second-order valence-electron chi connectivity index (χ2n) is 4.31. The van der Waals surface area contributed by atoms with E-state index in [1.807, 2.05) is 14.0 Å². The lowest BCUT2D eigenvalue weighted by atomic mass is 10.0. The summed E-state index contributed by atoms with van der Waals surface area (Å²) in [6.45, 7) is 4.79. The molecule has 0 bridgehead atoms. The van der Waals surface area contributed by atoms with E-state index in [2.05, 4.69) is 17.3 Å². The van der Waals surface area contributed by atoms with Gasteiger partial charge in [-0.25, -0.2) is 4.68 Å². The van der Waals surface area contributed by atoms with Gasteiger partial charge in [0, 0.05) is 19.5 Å². The molecule has 0 aliphatic rings. The van der Waals surface area contributed by atoms with Crippen LogP contribution in [0.1, 0.15) is 37.1 Å². The fraction of sp³-hybridized carbons (Fsp3) is 0.667. The summed E-state index contributed by atoms with van der Waals surface area (Å²) in [6.07, 6.45) is 1.22. The molecule has 1 atom stereocenters. The number of aromatic nitrogens is 2. The van der Waals surface area contributed by atoms with E-state index in [1.54, 1.807) is 11.8 Å². The number of methoxy groups -OCH3 is 1. The summed E-state index contributed by atoms with van der Waals surface area (Å²) in [5.74, 6) is 0.330. The lowest BCUT2D eigenvalue weighted by molar-refractivity contribution is -0.118. The van der Waals surface area contributed by atoms with Gasteiger partial charge in [0.15, 0.2) is 0 Å². The Morgan fingerprint density at radius 3 is 2.78 bits per heavy atom. The van der Waals surface area contributed by atoms with Gasteiger partial charge in [-0.15, -0.1) is 0 Å². The molecule has 0 aliphatic carbocycles. The molecule has 0 fully saturated rings. The first-order valence-electron chi connectivity index (χ1n) is 6.10. The monoisotopic (exact) mass is 254 g/mol. The average Bonchev–Trinajstić information content (AvgIpc) is 2.58. The van der Waals surface area contributed by atoms with Crippen LogP contribution < -0.4 is 15.8 Å². The van der Waals surface area contributed by atoms with Gasteiger partial charge in [-0.3, -0.25) is 4.79 Å². The Morgan fingerprint density at radius 1 is 1.61 bits per heavy atom. The molecule has 0 radical (unpaired) electrons. The fourth-order valence-electron chi connectivity index (χ4n) is 2.09. The van der Waals surface area contributed by atoms with Gasteiger partial charge >= 0.3 is 0 Å². The molecule has 6 heteroatoms. The predicted molar refractivity (Wildman–Crippen MR) is 69.3 cm³/mol. The molecular weight excluding hydrogens is 232 g/mol. The smallest absolute Gasteiger partial charge is 0.219 e. The second-order valence-corrected chi connectivity index (χ2v) is 4.31. The lowest BCUT2D eigenvalue weighted by Gasteiger charge is -2.18. The normalized spacial score (nSPS) is 12.4. The second kappa shape index (κ2) is 6.39. The summed E-state index contributed by atoms with van der Waals surface area (Å²) in [6, 6.07) is -0.147. The third-order valence-electron chi connectivity index (χ3n) is 2.80. The highest BCUT2D eigenvalue weighted by Gasteiger charge is 2.24. The molecule has 0 saturated heterocycles. The van der Waals surface area contributed by atoms with E-state index in [0.717, 1.165) is 24.2 Å². The van der Waals surface area contributed by atoms with E-state index in [9.17, 15) is 4.79 Å². The summed E-state index contributed by atoms with van der Waals surface area (Å²) >= 11 is 0. The van der Waals surface area contributed by atoms with E-state index in [-0.39, 0.29) is 18.4 Å². The zero-order valence-corrected chi connectivity index (χ0v) is 11.5. The van der Waals surface area contributed by atoms with Gasteiger partial charge in [0.1, 0.15) is 0 Å². The van der Waals surface area contributed by atoms with Crippen molar-refractivity contribution >= 4 is 5.91 Å². The first kappa shape index (κ1) is 14.5. The number of rotatable bonds is 7. The van der Waals surface area contributed by atoms with Crippen LogP contribution in [-0.2, 0) is 11.8 Å². The van der Waals surface area contributed by atoms with Crippen LogP contribution in [0, 0.1) is 6.92 Å². The lowest BCUT2D eigenvalue weighted by Crippen LogP contribution is -2.28. The zero-order valence-electron chi connectivity index (χ0n) is 11.5. The molecule has 3 N–H and O–H groups in total. The molecule has 1 rings (SSSR count). The molecule has 1 amide bonds. The van der Waals surface area contributed by atoms with Gasteiger partial charge in [0.25, 0.3) is 0 Å². The number of nitrogens with zero attached hydrogens (tertiary/aromatic N) is 2. The van der Waals surface area contributed by atoms with Crippen molar-refractivity contribution in [3.63, 3.8) is 0 Å². The molecule has 1 unspecified atom stereocenters. The van der Waals surface area contributed by atoms with Crippen molar-refractivity contribution < 1.29 is 9.53 Å². The van der Waals surface area contributed by atoms with E-state index < -0.39 is 0 Å². The Hall–Kier alpha value is -1.56. The van der Waals surface area contributed by atoms with Crippen LogP contribution in [0.2, 0.25) is 0 Å². The van der Waals surface area contributed by atoms with Crippen molar-refractivity contribution in [2.75, 3.05) is 13.7 Å². The molecule has 1 aromatic rings. The summed E-state index contributed by atoms with van der Waals surface area (Å²) in [4.78, 5) is 11.2. The number of ether oxygens (including phenoxy) is 1. The Labute approximate surface area is 107 Å². The van der Waals surface area contributed by atoms with Gasteiger partial charge in [-0.1, -0.05) is 6.92 Å². The molecule has 18 heavy (non-hydrogen) atoms. The number of aryl methyl sites for hydroxylation is 2. The first-order chi connectivity index (χ1) is 8.51. The minimum absolute atomic E-state index is 0.147. The fourth-order valence-corrected chi connectivity index (χ4v) is 2.09. The number of nitrogens with two attached hydrogens (primary N) is 1. The summed E-state index contributed by atoms with van der Waals surface area (Å²) < 4.78 is 7.02. The average molecular weight is 254 g/mol. The van der Waals surface area contributed by atoms with Crippen molar-refractivity contribution in [2.24, 2.45) is 12.8 Å². The molecule has 6 nitrogen and oxygen atoms in total. The summed E-state index contributed by atoms with van der Waals surface area (Å²) in [5, 5.41) is 7.63. The van der Waals surface area contributed by atoms with E-state index in [0.29, 0.717) is 5.88 Å². The molecule has 0 aromatic carbocycles. The number of hydrogen-bond donors (Lipinski definition) is 2. The van der Waals surface area contributed by atoms with Crippen molar-refractivity contribution in [3.8, 4) is 5.88 Å². The highest BCUT2D eigenvalue weighted by molar-refractivity contribution is 5.74. The van der Waals surface area contributed by atoms with Gasteiger partial charge in [0.05, 0.1) is 18.4 Å². The Morgan fingerprint density at radius 2 is 2.28 bits per heavy atom. The van der Waals surface area contributed by atoms with Gasteiger partial charge in [-0.05, 0) is 19.9 Å². The highest BCUT2D eigenvalue weighted by atomic mass is 16.5. The van der Waals surface area contributed by atoms with Crippen LogP contribution in [0.25, 0.3) is 0 Å². The maximum absolute atomic E-state index is 11.2. The molecule has 0 aliphatic heterocycles. The number of carbonyl (C=O) groups is 1. The Bertz CT molecular complexity index is 414. The van der Waals surface area contributed by atoms with Crippen LogP contribution in [-0.4, -0.2) is 29.3 Å². The predicted octanol–water partition coefficient (Wildman–Crippen LogP) is 0.653. The third kappa shape index (κ3) is 3.22. The van der Waals surface area contributed by atoms with Gasteiger partial charge in [0.2, 0.25) is 11.8 Å². The minimum atomic E-state index is -0.339. The summed E-state index contributed by atoms with van der Waals surface area (Å²) in [5.41, 5.74) is 7.06. The van der Waals surface area contributed by atoms with E-state index >= 15 is 0 Å². The van der Waals surface area contributed by atoms with Gasteiger partial charge < -0.3 is 15.8 Å². The van der Waals surface area contributed by atoms with Crippen LogP contribution in [0.5, 0.6) is 5.88 Å². The Balaban J connectivity index is 3.06. The van der Waals surface area contributed by atoms with Crippen molar-refractivity contribution in [2.45, 2.75) is 32.7 Å². The zero-order chi connectivity index (χ0) is 13.7. The topological polar surface area (TPSA) is 82.2 Å². The van der Waals surface area contributed by atoms with E-state index in [1.165, 1.54) is 0 Å². The maximum atomic E-state index is 11.2. The number of nitrogens with one attached hydrogen (secondary N) is 1. The molecule has 0 saturated carbocycles. The first-order valence-corrected chi connectivity index (χ1v) is 6.10. The van der Waals surface area contributed by atoms with Crippen molar-refractivity contribution in [1.29, 1.82) is 0 Å². The number of amides is 1. The quantitative estimate of drug-likeness (QED) is 0.748. The van der Waals surface area contributed by atoms with Crippen molar-refractivity contribution in [1.82, 2.24) is 15.1 Å². The summed E-state index contributed by atoms with van der Waals surface area (Å²) in [7, 11) is 3.41. The van der Waals surface area contributed by atoms with Crippen LogP contribution in [0.4, 0.5) is 0 Å². The molecule has 1 heterocycles.